The maximum atomic E-state index is 12.4. The second-order valence-corrected chi connectivity index (χ2v) is 6.50. The molecule has 5 nitrogen and oxygen atoms in total. The molecule has 0 N–H and O–H groups in total. The molecule has 0 unspecified atom stereocenters. The number of benzene rings is 2. The molecule has 130 valence electrons. The van der Waals surface area contributed by atoms with Gasteiger partial charge in [-0.05, 0) is 43.3 Å². The Balaban J connectivity index is 1.71. The Morgan fingerprint density at radius 2 is 1.92 bits per heavy atom. The highest BCUT2D eigenvalue weighted by atomic mass is 35.5. The third kappa shape index (κ3) is 2.75. The van der Waals surface area contributed by atoms with E-state index >= 15 is 0 Å². The van der Waals surface area contributed by atoms with Crippen molar-refractivity contribution in [3.05, 3.63) is 74.3 Å². The van der Waals surface area contributed by atoms with Crippen molar-refractivity contribution in [1.82, 2.24) is 0 Å². The number of carbonyl (C=O) groups is 1. The van der Waals surface area contributed by atoms with Crippen molar-refractivity contribution in [2.75, 3.05) is 0 Å². The lowest BCUT2D eigenvalue weighted by atomic mass is 10.1. The van der Waals surface area contributed by atoms with E-state index < -0.39 is 5.97 Å². The normalized spacial score (nSPS) is 11.2. The van der Waals surface area contributed by atoms with Gasteiger partial charge in [-0.2, -0.15) is 0 Å². The van der Waals surface area contributed by atoms with Crippen LogP contribution < -0.4 is 10.2 Å². The molecule has 0 radical (unpaired) electrons. The summed E-state index contributed by atoms with van der Waals surface area (Å²) < 4.78 is 16.3. The van der Waals surface area contributed by atoms with E-state index in [9.17, 15) is 9.59 Å². The number of halogens is 2. The van der Waals surface area contributed by atoms with Crippen molar-refractivity contribution in [2.45, 2.75) is 6.92 Å². The molecule has 0 atom stereocenters. The Morgan fingerprint density at radius 1 is 1.12 bits per heavy atom. The maximum absolute atomic E-state index is 12.4. The van der Waals surface area contributed by atoms with Gasteiger partial charge in [-0.1, -0.05) is 23.2 Å². The van der Waals surface area contributed by atoms with Crippen LogP contribution in [0.4, 0.5) is 0 Å². The number of carbonyl (C=O) groups excluding carboxylic acids is 1. The molecule has 0 spiro atoms. The maximum Gasteiger partial charge on any atom is 0.379 e. The van der Waals surface area contributed by atoms with Gasteiger partial charge < -0.3 is 13.6 Å². The highest BCUT2D eigenvalue weighted by molar-refractivity contribution is 6.31. The van der Waals surface area contributed by atoms with Crippen molar-refractivity contribution < 1.29 is 18.4 Å². The molecule has 0 saturated heterocycles. The minimum Gasteiger partial charge on any atom is -0.462 e. The summed E-state index contributed by atoms with van der Waals surface area (Å²) in [6.07, 6.45) is 1.16. The molecule has 0 amide bonds. The molecule has 26 heavy (non-hydrogen) atoms. The minimum absolute atomic E-state index is 0.0115. The Labute approximate surface area is 156 Å². The van der Waals surface area contributed by atoms with Crippen LogP contribution in [-0.4, -0.2) is 5.97 Å². The molecule has 0 fully saturated rings. The van der Waals surface area contributed by atoms with Crippen molar-refractivity contribution >= 4 is 51.1 Å². The van der Waals surface area contributed by atoms with Crippen LogP contribution in [0.15, 0.2) is 56.3 Å². The van der Waals surface area contributed by atoms with E-state index in [4.69, 9.17) is 36.8 Å². The van der Waals surface area contributed by atoms with E-state index in [1.807, 2.05) is 0 Å². The topological polar surface area (TPSA) is 69.7 Å². The summed E-state index contributed by atoms with van der Waals surface area (Å²) in [6.45, 7) is 1.68. The average Bonchev–Trinajstić information content (AvgIpc) is 3.04. The lowest BCUT2D eigenvalue weighted by Crippen LogP contribution is -2.09. The zero-order chi connectivity index (χ0) is 18.4. The molecule has 4 rings (SSSR count). The number of hydrogen-bond donors (Lipinski definition) is 0. The summed E-state index contributed by atoms with van der Waals surface area (Å²) in [5.41, 5.74) is 0.991. The van der Waals surface area contributed by atoms with Crippen LogP contribution in [0.25, 0.3) is 21.9 Å². The lowest BCUT2D eigenvalue weighted by molar-refractivity contribution is 0.0703. The predicted octanol–water partition coefficient (Wildman–Crippen LogP) is 5.37. The van der Waals surface area contributed by atoms with Crippen molar-refractivity contribution in [3.63, 3.8) is 0 Å². The van der Waals surface area contributed by atoms with Gasteiger partial charge in [0.05, 0.1) is 5.39 Å². The highest BCUT2D eigenvalue weighted by Crippen LogP contribution is 2.28. The average molecular weight is 389 g/mol. The first-order valence-corrected chi connectivity index (χ1v) is 8.31. The molecule has 0 saturated carbocycles. The summed E-state index contributed by atoms with van der Waals surface area (Å²) in [5, 5.41) is 1.54. The molecule has 2 heterocycles. The summed E-state index contributed by atoms with van der Waals surface area (Å²) in [4.78, 5) is 24.5. The molecule has 7 heteroatoms. The molecular weight excluding hydrogens is 379 g/mol. The summed E-state index contributed by atoms with van der Waals surface area (Å²) in [7, 11) is 0. The fraction of sp³-hybridized carbons (Fsp3) is 0.0526. The number of esters is 1. The van der Waals surface area contributed by atoms with E-state index in [0.29, 0.717) is 32.5 Å². The van der Waals surface area contributed by atoms with E-state index in [1.54, 1.807) is 31.2 Å². The van der Waals surface area contributed by atoms with E-state index in [1.165, 1.54) is 12.1 Å². The van der Waals surface area contributed by atoms with E-state index in [0.717, 1.165) is 6.26 Å². The molecule has 2 aromatic carbocycles. The van der Waals surface area contributed by atoms with Gasteiger partial charge in [0, 0.05) is 16.0 Å². The van der Waals surface area contributed by atoms with Crippen molar-refractivity contribution in [3.8, 4) is 5.75 Å². The summed E-state index contributed by atoms with van der Waals surface area (Å²) in [6, 6.07) is 9.61. The monoisotopic (exact) mass is 388 g/mol. The fourth-order valence-electron chi connectivity index (χ4n) is 2.67. The Kier molecular flexibility index (Phi) is 3.98. The van der Waals surface area contributed by atoms with Crippen LogP contribution in [0.2, 0.25) is 10.0 Å². The molecule has 0 aliphatic heterocycles. The van der Waals surface area contributed by atoms with Gasteiger partial charge in [-0.25, -0.2) is 4.79 Å². The number of aryl methyl sites for hydroxylation is 1. The first-order chi connectivity index (χ1) is 12.4. The second kappa shape index (κ2) is 6.20. The minimum atomic E-state index is -0.670. The van der Waals surface area contributed by atoms with Crippen LogP contribution in [0.5, 0.6) is 5.75 Å². The number of furan rings is 1. The van der Waals surface area contributed by atoms with Crippen LogP contribution in [0.1, 0.15) is 16.1 Å². The predicted molar refractivity (Wildman–Crippen MR) is 98.4 cm³/mol. The third-order valence-electron chi connectivity index (χ3n) is 3.98. The second-order valence-electron chi connectivity index (χ2n) is 5.66. The van der Waals surface area contributed by atoms with Gasteiger partial charge in [0.25, 0.3) is 0 Å². The molecule has 0 aliphatic carbocycles. The quantitative estimate of drug-likeness (QED) is 0.340. The highest BCUT2D eigenvalue weighted by Gasteiger charge is 2.18. The van der Waals surface area contributed by atoms with Gasteiger partial charge in [-0.15, -0.1) is 0 Å². The SMILES string of the molecule is Cc1c(OC(=O)c2cc3cc(Cl)ccc3o2)ccc2c(=O)c(Cl)coc12. The van der Waals surface area contributed by atoms with Gasteiger partial charge in [-0.3, -0.25) is 4.79 Å². The number of fused-ring (bicyclic) bond motifs is 2. The molecular formula is C19H10Cl2O5. The largest absolute Gasteiger partial charge is 0.462 e. The number of ether oxygens (including phenoxy) is 1. The molecule has 0 bridgehead atoms. The Morgan fingerprint density at radius 3 is 2.73 bits per heavy atom. The molecule has 0 aliphatic rings. The number of rotatable bonds is 2. The van der Waals surface area contributed by atoms with E-state index in [-0.39, 0.29) is 22.0 Å². The molecule has 2 aromatic heterocycles. The van der Waals surface area contributed by atoms with Crippen LogP contribution in [0.3, 0.4) is 0 Å². The zero-order valence-corrected chi connectivity index (χ0v) is 14.9. The first kappa shape index (κ1) is 16.7. The molecule has 4 aromatic rings. The third-order valence-corrected chi connectivity index (χ3v) is 4.48. The van der Waals surface area contributed by atoms with Crippen LogP contribution in [0, 0.1) is 6.92 Å². The van der Waals surface area contributed by atoms with E-state index in [2.05, 4.69) is 0 Å². The van der Waals surface area contributed by atoms with Gasteiger partial charge >= 0.3 is 5.97 Å². The van der Waals surface area contributed by atoms with Gasteiger partial charge in [0.1, 0.15) is 28.2 Å². The van der Waals surface area contributed by atoms with Crippen LogP contribution in [-0.2, 0) is 0 Å². The fourth-order valence-corrected chi connectivity index (χ4v) is 3.00. The smallest absolute Gasteiger partial charge is 0.379 e. The number of hydrogen-bond acceptors (Lipinski definition) is 5. The lowest BCUT2D eigenvalue weighted by Gasteiger charge is -2.08. The van der Waals surface area contributed by atoms with Gasteiger partial charge in [0.2, 0.25) is 11.2 Å². The summed E-state index contributed by atoms with van der Waals surface area (Å²) >= 11 is 11.7. The van der Waals surface area contributed by atoms with Gasteiger partial charge in [0.15, 0.2) is 0 Å². The zero-order valence-electron chi connectivity index (χ0n) is 13.3. The summed E-state index contributed by atoms with van der Waals surface area (Å²) in [5.74, 6) is -0.373. The first-order valence-electron chi connectivity index (χ1n) is 7.56. The Hall–Kier alpha value is -2.76. The van der Waals surface area contributed by atoms with Crippen LogP contribution >= 0.6 is 23.2 Å². The van der Waals surface area contributed by atoms with Crippen molar-refractivity contribution in [2.24, 2.45) is 0 Å². The Bertz CT molecular complexity index is 1240. The standard InChI is InChI=1S/C19H10Cl2O5/c1-9-14(5-3-12-17(22)13(21)8-24-18(9)12)26-19(23)16-7-10-6-11(20)2-4-15(10)25-16/h2-8H,1H3. The van der Waals surface area contributed by atoms with Crippen molar-refractivity contribution in [1.29, 1.82) is 0 Å².